The summed E-state index contributed by atoms with van der Waals surface area (Å²) in [6.45, 7) is 7.50. The molecule has 0 spiro atoms. The van der Waals surface area contributed by atoms with Gasteiger partial charge in [-0.3, -0.25) is 0 Å². The third-order valence-corrected chi connectivity index (χ3v) is 6.19. The van der Waals surface area contributed by atoms with Crippen LogP contribution < -0.4 is 5.32 Å². The molecule has 43 heavy (non-hydrogen) atoms. The number of carbonyl (C=O) groups excluding carboxylic acids is 3. The molecule has 1 amide bonds. The predicted molar refractivity (Wildman–Crippen MR) is 150 cm³/mol. The second-order valence-corrected chi connectivity index (χ2v) is 11.4. The number of carbonyl (C=O) groups is 3. The Bertz CT molecular complexity index is 984. The van der Waals surface area contributed by atoms with Gasteiger partial charge in [0, 0.05) is 13.6 Å². The molecule has 1 saturated heterocycles. The van der Waals surface area contributed by atoms with Gasteiger partial charge in [-0.05, 0) is 5.56 Å². The number of rotatable bonds is 20. The van der Waals surface area contributed by atoms with Crippen molar-refractivity contribution in [2.75, 3.05) is 66.4 Å². The average Bonchev–Trinajstić information content (AvgIpc) is 2.96. The van der Waals surface area contributed by atoms with Crippen molar-refractivity contribution in [1.82, 2.24) is 10.2 Å². The van der Waals surface area contributed by atoms with E-state index in [1.807, 2.05) is 37.3 Å². The molecule has 1 unspecified atom stereocenters. The molecule has 1 aliphatic heterocycles. The van der Waals surface area contributed by atoms with Crippen molar-refractivity contribution < 1.29 is 70.4 Å². The fourth-order valence-electron chi connectivity index (χ4n) is 3.77. The van der Waals surface area contributed by atoms with E-state index in [0.717, 1.165) is 9.75 Å². The fourth-order valence-corrected chi connectivity index (χ4v) is 4.19. The Labute approximate surface area is 263 Å². The Morgan fingerprint density at radius 2 is 1.53 bits per heavy atom. The number of likely N-dealkylation sites (N-methyl/N-ethyl adjacent to an activating group) is 1. The van der Waals surface area contributed by atoms with Crippen LogP contribution in [0.15, 0.2) is 30.3 Å². The molecule has 0 aliphatic carbocycles. The van der Waals surface area contributed by atoms with Crippen LogP contribution in [0.3, 0.4) is 0 Å². The molecular formula is C29H43N2O11Os-. The van der Waals surface area contributed by atoms with E-state index in [9.17, 15) is 14.4 Å². The standard InChI is InChI=1S/C29H43N2O11.Os/c1-5-30-25-19-26(41-23(3)33)27(21-39-22(2)32)42-28(25)38-18-17-37-16-15-36-14-13-35-12-11-31(4)29(34)40-20-24-9-7-6-8-10-24;/h6-10,19,25-28,30H,11-18,20-21H2,1-4H3;/q-1;/t25-,26-,27-,28?;/m1./s1. The van der Waals surface area contributed by atoms with Crippen molar-refractivity contribution in [2.24, 2.45) is 0 Å². The molecule has 0 bridgehead atoms. The number of ether oxygens (including phenoxy) is 8. The molecule has 0 saturated carbocycles. The van der Waals surface area contributed by atoms with Gasteiger partial charge in [0.2, 0.25) is 0 Å². The summed E-state index contributed by atoms with van der Waals surface area (Å²) in [6, 6.07) is 9.11. The Morgan fingerprint density at radius 1 is 0.907 bits per heavy atom. The number of amides is 1. The summed E-state index contributed by atoms with van der Waals surface area (Å²) in [7, 11) is 1.66. The fraction of sp³-hybridized carbons (Fsp3) is 0.621. The minimum atomic E-state index is -0.714. The molecule has 13 nitrogen and oxygen atoms in total. The molecule has 1 N–H and O–H groups in total. The van der Waals surface area contributed by atoms with Crippen LogP contribution >= 0.6 is 0 Å². The number of benzene rings is 1. The van der Waals surface area contributed by atoms with Crippen LogP contribution in [0.5, 0.6) is 0 Å². The normalized spacial score (nSPS) is 19.8. The quantitative estimate of drug-likeness (QED) is 0.0885. The first-order valence-electron chi connectivity index (χ1n) is 14.0. The molecular weight excluding hydrogens is 743 g/mol. The van der Waals surface area contributed by atoms with Gasteiger partial charge in [-0.15, -0.1) is 0 Å². The van der Waals surface area contributed by atoms with Crippen LogP contribution in [0, 0.1) is 6.42 Å². The van der Waals surface area contributed by atoms with Crippen LogP contribution in [0.1, 0.15) is 26.3 Å². The summed E-state index contributed by atoms with van der Waals surface area (Å²) >= 11 is 1.68. The molecule has 1 aromatic carbocycles. The van der Waals surface area contributed by atoms with Crippen LogP contribution in [0.4, 0.5) is 4.79 Å². The Kier molecular flexibility index (Phi) is 18.4. The first-order valence-corrected chi connectivity index (χ1v) is 15.2. The van der Waals surface area contributed by atoms with Crippen molar-refractivity contribution in [3.8, 4) is 0 Å². The molecule has 0 radical (unpaired) electrons. The Morgan fingerprint density at radius 3 is 2.14 bits per heavy atom. The number of esters is 2. The third kappa shape index (κ3) is 16.4. The molecule has 1 aromatic rings. The number of nitrogens with zero attached hydrogens (tertiary/aromatic N) is 1. The van der Waals surface area contributed by atoms with Crippen LogP contribution in [-0.4, -0.2) is 118 Å². The van der Waals surface area contributed by atoms with E-state index >= 15 is 0 Å². The Balaban J connectivity index is 1.55. The minimum absolute atomic E-state index is 0.0809. The Hall–Kier alpha value is -2.30. The first-order chi connectivity index (χ1) is 20.7. The third-order valence-electron chi connectivity index (χ3n) is 5.82. The van der Waals surface area contributed by atoms with Crippen LogP contribution in [0.25, 0.3) is 0 Å². The van der Waals surface area contributed by atoms with Crippen molar-refractivity contribution in [1.29, 1.82) is 0 Å². The average molecular weight is 786 g/mol. The second-order valence-electron chi connectivity index (χ2n) is 9.47. The molecule has 14 heteroatoms. The molecule has 2 rings (SSSR count). The SMILES string of the molecule is CC(=O)OC[C@H]1OC(OCCOCCOCCOCCN(C)C(=O)OCc2ccccc2)[C@H](N[C](C)=[Os])[CH-][C@H]1OC(C)=O. The zero-order chi connectivity index (χ0) is 31.5. The van der Waals surface area contributed by atoms with Crippen molar-refractivity contribution in [3.05, 3.63) is 42.3 Å². The summed E-state index contributed by atoms with van der Waals surface area (Å²) in [6.07, 6.45) is -0.753. The summed E-state index contributed by atoms with van der Waals surface area (Å²) in [5.74, 6) is -0.935. The van der Waals surface area contributed by atoms with E-state index in [1.54, 1.807) is 31.6 Å². The number of nitrogens with one attached hydrogen (secondary N) is 1. The number of hydrogen-bond donors (Lipinski definition) is 1. The van der Waals surface area contributed by atoms with Gasteiger partial charge in [-0.1, -0.05) is 30.3 Å². The monoisotopic (exact) mass is 787 g/mol. The van der Waals surface area contributed by atoms with E-state index in [1.165, 1.54) is 18.7 Å². The first kappa shape index (κ1) is 36.9. The van der Waals surface area contributed by atoms with Crippen molar-refractivity contribution >= 4 is 22.2 Å². The van der Waals surface area contributed by atoms with Gasteiger partial charge >= 0.3 is 175 Å². The summed E-state index contributed by atoms with van der Waals surface area (Å²) in [5, 5.41) is 3.26. The van der Waals surface area contributed by atoms with Crippen molar-refractivity contribution in [2.45, 2.75) is 51.9 Å². The van der Waals surface area contributed by atoms with E-state index in [-0.39, 0.29) is 19.8 Å². The molecule has 0 aromatic heterocycles. The van der Waals surface area contributed by atoms with Gasteiger partial charge in [0.1, 0.15) is 6.61 Å². The van der Waals surface area contributed by atoms with Crippen molar-refractivity contribution in [3.63, 3.8) is 0 Å². The van der Waals surface area contributed by atoms with Crippen LogP contribution in [-0.2, 0) is 72.2 Å². The van der Waals surface area contributed by atoms with Gasteiger partial charge in [0.05, 0.1) is 13.2 Å². The second kappa shape index (κ2) is 21.4. The van der Waals surface area contributed by atoms with Gasteiger partial charge in [0.25, 0.3) is 0 Å². The summed E-state index contributed by atoms with van der Waals surface area (Å²) in [5.41, 5.74) is 0.930. The molecule has 1 aliphatic rings. The van der Waals surface area contributed by atoms with E-state index in [0.29, 0.717) is 46.2 Å². The van der Waals surface area contributed by atoms with Gasteiger partial charge in [-0.25, -0.2) is 4.79 Å². The topological polar surface area (TPSA) is 140 Å². The maximum atomic E-state index is 12.0. The number of hydrogen-bond acceptors (Lipinski definition) is 12. The predicted octanol–water partition coefficient (Wildman–Crippen LogP) is 1.40. The molecule has 244 valence electrons. The molecule has 1 heterocycles. The summed E-state index contributed by atoms with van der Waals surface area (Å²) in [4.78, 5) is 36.4. The van der Waals surface area contributed by atoms with E-state index in [2.05, 4.69) is 5.32 Å². The molecule has 1 fully saturated rings. The van der Waals surface area contributed by atoms with E-state index < -0.39 is 42.6 Å². The van der Waals surface area contributed by atoms with Gasteiger partial charge in [-0.2, -0.15) is 0 Å². The maximum absolute atomic E-state index is 12.0. The zero-order valence-electron chi connectivity index (χ0n) is 25.1. The molecule has 4 atom stereocenters. The summed E-state index contributed by atoms with van der Waals surface area (Å²) < 4.78 is 45.2. The van der Waals surface area contributed by atoms with Gasteiger partial charge in [0.15, 0.2) is 0 Å². The van der Waals surface area contributed by atoms with E-state index in [4.69, 9.17) is 37.9 Å². The van der Waals surface area contributed by atoms with Gasteiger partial charge < -0.3 is 14.4 Å². The zero-order valence-corrected chi connectivity index (χ0v) is 27.7. The van der Waals surface area contributed by atoms with Crippen LogP contribution in [0.2, 0.25) is 0 Å².